The van der Waals surface area contributed by atoms with Crippen LogP contribution in [-0.2, 0) is 15.6 Å². The van der Waals surface area contributed by atoms with E-state index in [2.05, 4.69) is 110 Å². The lowest BCUT2D eigenvalue weighted by Crippen LogP contribution is -2.28. The molecule has 2 aliphatic heterocycles. The first kappa shape index (κ1) is 32.3. The molecule has 0 N–H and O–H groups in total. The van der Waals surface area contributed by atoms with Crippen LogP contribution >= 0.6 is 11.3 Å². The highest BCUT2D eigenvalue weighted by atomic mass is 32.1. The predicted octanol–water partition coefficient (Wildman–Crippen LogP) is 9.66. The monoisotopic (exact) mass is 622 g/mol. The van der Waals surface area contributed by atoms with E-state index in [1.54, 1.807) is 23.5 Å². The Hall–Kier alpha value is -4.10. The Morgan fingerprint density at radius 3 is 2.49 bits per heavy atom. The zero-order valence-electron chi connectivity index (χ0n) is 27.1. The maximum Gasteiger partial charge on any atom is 0.269 e. The standard InChI is InChI=1S/C38H44N3O3S/c1-6-39-32-21-19-28(34-16-15-25-45-34)26-30(32)37(3,4)35(39)17-11-10-12-18-36-38(5,23-13-8-9-14-24-42)31-27-29(41(43)44)20-22-33(31)40(36)7-2/h10-12,15-22,24-27H,6-9,13-14,23H2,1-5H3/q+1. The number of likely N-dealkylation sites (N-methyl/N-ethyl adjacent to an activating group) is 1. The summed E-state index contributed by atoms with van der Waals surface area (Å²) >= 11 is 1.77. The van der Waals surface area contributed by atoms with E-state index in [1.165, 1.54) is 27.4 Å². The van der Waals surface area contributed by atoms with E-state index in [0.717, 1.165) is 62.0 Å². The molecule has 5 rings (SSSR count). The third-order valence-corrected chi connectivity index (χ3v) is 10.4. The van der Waals surface area contributed by atoms with Crippen LogP contribution in [0.4, 0.5) is 17.1 Å². The van der Waals surface area contributed by atoms with E-state index in [1.807, 2.05) is 6.07 Å². The number of unbranched alkanes of at least 4 members (excludes halogenated alkanes) is 3. The summed E-state index contributed by atoms with van der Waals surface area (Å²) < 4.78 is 2.41. The number of hydrogen-bond donors (Lipinski definition) is 0. The minimum absolute atomic E-state index is 0.122. The Bertz CT molecular complexity index is 1700. The van der Waals surface area contributed by atoms with Gasteiger partial charge in [-0.1, -0.05) is 37.1 Å². The van der Waals surface area contributed by atoms with Gasteiger partial charge in [-0.3, -0.25) is 10.1 Å². The van der Waals surface area contributed by atoms with Gasteiger partial charge in [0, 0.05) is 64.5 Å². The molecule has 0 saturated carbocycles. The molecule has 0 aliphatic carbocycles. The molecule has 1 unspecified atom stereocenters. The largest absolute Gasteiger partial charge is 0.344 e. The Labute approximate surface area is 271 Å². The number of non-ortho nitro benzene ring substituents is 1. The first-order valence-corrected chi connectivity index (χ1v) is 16.9. The fourth-order valence-electron chi connectivity index (χ4n) is 7.11. The number of carbonyl (C=O) groups excluding carboxylic acids is 1. The molecule has 234 valence electrons. The topological polar surface area (TPSA) is 66.5 Å². The minimum Gasteiger partial charge on any atom is -0.344 e. The second-order valence-electron chi connectivity index (χ2n) is 12.6. The van der Waals surface area contributed by atoms with Crippen LogP contribution in [0.2, 0.25) is 0 Å². The molecule has 1 atom stereocenters. The molecule has 3 aromatic rings. The van der Waals surface area contributed by atoms with Crippen molar-refractivity contribution in [3.05, 3.63) is 111 Å². The number of allylic oxidation sites excluding steroid dienone is 6. The third kappa shape index (κ3) is 6.10. The van der Waals surface area contributed by atoms with Crippen LogP contribution in [0.25, 0.3) is 10.4 Å². The van der Waals surface area contributed by atoms with Crippen LogP contribution in [0.15, 0.2) is 90.0 Å². The number of fused-ring (bicyclic) bond motifs is 2. The molecule has 0 saturated heterocycles. The molecule has 0 amide bonds. The smallest absolute Gasteiger partial charge is 0.269 e. The van der Waals surface area contributed by atoms with Crippen molar-refractivity contribution in [1.82, 2.24) is 0 Å². The molecular weight excluding hydrogens is 579 g/mol. The number of benzene rings is 2. The molecular formula is C38H44N3O3S+. The van der Waals surface area contributed by atoms with E-state index in [0.29, 0.717) is 6.42 Å². The molecule has 0 bridgehead atoms. The zero-order valence-corrected chi connectivity index (χ0v) is 27.9. The molecule has 45 heavy (non-hydrogen) atoms. The van der Waals surface area contributed by atoms with Crippen LogP contribution in [0.5, 0.6) is 0 Å². The lowest BCUT2D eigenvalue weighted by atomic mass is 9.77. The summed E-state index contributed by atoms with van der Waals surface area (Å²) in [6.45, 7) is 12.8. The van der Waals surface area contributed by atoms with Gasteiger partial charge in [0.15, 0.2) is 5.71 Å². The normalized spacial score (nSPS) is 19.7. The van der Waals surface area contributed by atoms with E-state index in [-0.39, 0.29) is 21.4 Å². The summed E-state index contributed by atoms with van der Waals surface area (Å²) in [5.74, 6) is 0. The number of thiophene rings is 1. The summed E-state index contributed by atoms with van der Waals surface area (Å²) in [7, 11) is 0. The Morgan fingerprint density at radius 2 is 1.80 bits per heavy atom. The fraction of sp³-hybridized carbons (Fsp3) is 0.368. The van der Waals surface area contributed by atoms with E-state index in [9.17, 15) is 14.9 Å². The van der Waals surface area contributed by atoms with Crippen molar-refractivity contribution in [2.24, 2.45) is 0 Å². The van der Waals surface area contributed by atoms with Gasteiger partial charge in [0.05, 0.1) is 10.3 Å². The van der Waals surface area contributed by atoms with Crippen molar-refractivity contribution in [2.45, 2.75) is 77.6 Å². The van der Waals surface area contributed by atoms with Crippen molar-refractivity contribution in [1.29, 1.82) is 0 Å². The first-order valence-electron chi connectivity index (χ1n) is 16.1. The van der Waals surface area contributed by atoms with Gasteiger partial charge in [-0.25, -0.2) is 0 Å². The molecule has 3 heterocycles. The number of aldehydes is 1. The second kappa shape index (κ2) is 13.5. The van der Waals surface area contributed by atoms with Crippen molar-refractivity contribution in [2.75, 3.05) is 18.0 Å². The number of anilines is 1. The second-order valence-corrected chi connectivity index (χ2v) is 13.5. The summed E-state index contributed by atoms with van der Waals surface area (Å²) in [6, 6.07) is 16.4. The van der Waals surface area contributed by atoms with Crippen molar-refractivity contribution >= 4 is 40.4 Å². The lowest BCUT2D eigenvalue weighted by molar-refractivity contribution is -0.433. The predicted molar refractivity (Wildman–Crippen MR) is 187 cm³/mol. The molecule has 0 spiro atoms. The summed E-state index contributed by atoms with van der Waals surface area (Å²) in [5, 5.41) is 13.8. The van der Waals surface area contributed by atoms with Gasteiger partial charge in [-0.15, -0.1) is 11.3 Å². The van der Waals surface area contributed by atoms with Gasteiger partial charge < -0.3 is 9.69 Å². The van der Waals surface area contributed by atoms with E-state index in [4.69, 9.17) is 0 Å². The number of carbonyl (C=O) groups is 1. The van der Waals surface area contributed by atoms with Crippen LogP contribution in [0, 0.1) is 10.1 Å². The molecule has 2 aliphatic rings. The molecule has 0 fully saturated rings. The number of nitrogens with zero attached hydrogens (tertiary/aromatic N) is 3. The van der Waals surface area contributed by atoms with Crippen LogP contribution in [0.3, 0.4) is 0 Å². The van der Waals surface area contributed by atoms with E-state index >= 15 is 0 Å². The third-order valence-electron chi connectivity index (χ3n) is 9.49. The Balaban J connectivity index is 1.43. The maximum absolute atomic E-state index is 11.7. The quantitative estimate of drug-likeness (QED) is 0.0475. The van der Waals surface area contributed by atoms with Crippen molar-refractivity contribution in [3.8, 4) is 10.4 Å². The average molecular weight is 623 g/mol. The highest BCUT2D eigenvalue weighted by Gasteiger charge is 2.45. The minimum atomic E-state index is -0.365. The van der Waals surface area contributed by atoms with Gasteiger partial charge in [0.1, 0.15) is 12.8 Å². The summed E-state index contributed by atoms with van der Waals surface area (Å²) in [4.78, 5) is 25.8. The highest BCUT2D eigenvalue weighted by molar-refractivity contribution is 7.13. The Kier molecular flexibility index (Phi) is 9.68. The van der Waals surface area contributed by atoms with Crippen LogP contribution in [0.1, 0.15) is 77.8 Å². The highest BCUT2D eigenvalue weighted by Crippen LogP contribution is 2.51. The molecule has 1 aromatic heterocycles. The van der Waals surface area contributed by atoms with Crippen molar-refractivity contribution in [3.63, 3.8) is 0 Å². The number of nitro benzene ring substituents is 1. The van der Waals surface area contributed by atoms with E-state index < -0.39 is 0 Å². The van der Waals surface area contributed by atoms with Gasteiger partial charge >= 0.3 is 0 Å². The number of hydrogen-bond acceptors (Lipinski definition) is 5. The van der Waals surface area contributed by atoms with Gasteiger partial charge in [-0.05, 0) is 94.3 Å². The van der Waals surface area contributed by atoms with Crippen molar-refractivity contribution < 1.29 is 14.3 Å². The van der Waals surface area contributed by atoms with Crippen LogP contribution in [-0.4, -0.2) is 34.6 Å². The zero-order chi connectivity index (χ0) is 32.2. The average Bonchev–Trinajstić information content (AvgIpc) is 3.70. The van der Waals surface area contributed by atoms with Crippen LogP contribution < -0.4 is 4.90 Å². The molecule has 2 aromatic carbocycles. The van der Waals surface area contributed by atoms with Gasteiger partial charge in [-0.2, -0.15) is 4.58 Å². The van der Waals surface area contributed by atoms with Gasteiger partial charge in [0.2, 0.25) is 5.69 Å². The fourth-order valence-corrected chi connectivity index (χ4v) is 7.83. The Morgan fingerprint density at radius 1 is 0.978 bits per heavy atom. The number of nitro groups is 1. The summed E-state index contributed by atoms with van der Waals surface area (Å²) in [6.07, 6.45) is 15.9. The summed E-state index contributed by atoms with van der Waals surface area (Å²) in [5.41, 5.74) is 7.97. The molecule has 0 radical (unpaired) electrons. The first-order chi connectivity index (χ1) is 21.7. The SMILES string of the molecule is CCN1/C(=C/C=C/C=C/C2=[N+](CC)c3ccc(-c4cccs4)cc3C2(C)C)C(C)(CCCCCC=O)c2cc([N+](=O)[O-])ccc21. The molecule has 7 heteroatoms. The van der Waals surface area contributed by atoms with Gasteiger partial charge in [0.25, 0.3) is 5.69 Å². The number of rotatable bonds is 13. The maximum atomic E-state index is 11.7. The lowest BCUT2D eigenvalue weighted by Gasteiger charge is -2.30. The molecule has 6 nitrogen and oxygen atoms in total.